The van der Waals surface area contributed by atoms with E-state index in [9.17, 15) is 0 Å². The van der Waals surface area contributed by atoms with Gasteiger partial charge in [0.2, 0.25) is 0 Å². The summed E-state index contributed by atoms with van der Waals surface area (Å²) in [6.07, 6.45) is 8.46. The van der Waals surface area contributed by atoms with Gasteiger partial charge in [0.25, 0.3) is 0 Å². The van der Waals surface area contributed by atoms with Crippen molar-refractivity contribution in [2.24, 2.45) is 5.73 Å². The molecule has 27 heavy (non-hydrogen) atoms. The first-order chi connectivity index (χ1) is 13.1. The number of fused-ring (bicyclic) bond motifs is 1. The van der Waals surface area contributed by atoms with Crippen LogP contribution in [0.25, 0.3) is 16.6 Å². The van der Waals surface area contributed by atoms with Crippen molar-refractivity contribution in [3.8, 4) is 0 Å². The Labute approximate surface area is 167 Å². The molecule has 1 heterocycles. The van der Waals surface area contributed by atoms with Gasteiger partial charge in [-0.3, -0.25) is 4.98 Å². The quantitative estimate of drug-likeness (QED) is 0.499. The van der Waals surface area contributed by atoms with Crippen LogP contribution in [0.5, 0.6) is 0 Å². The van der Waals surface area contributed by atoms with E-state index in [2.05, 4.69) is 35.6 Å². The molecule has 3 nitrogen and oxygen atoms in total. The monoisotopic (exact) mass is 377 g/mol. The molecule has 1 saturated carbocycles. The molecule has 0 spiro atoms. The number of aromatic nitrogens is 1. The fourth-order valence-electron chi connectivity index (χ4n) is 3.22. The van der Waals surface area contributed by atoms with Gasteiger partial charge in [0.1, 0.15) is 0 Å². The van der Waals surface area contributed by atoms with E-state index < -0.39 is 0 Å². The predicted molar refractivity (Wildman–Crippen MR) is 119 cm³/mol. The van der Waals surface area contributed by atoms with Gasteiger partial charge in [0.05, 0.1) is 5.52 Å². The number of pyridine rings is 1. The highest BCUT2D eigenvalue weighted by atomic mass is 32.1. The van der Waals surface area contributed by atoms with E-state index >= 15 is 0 Å². The molecule has 1 fully saturated rings. The Morgan fingerprint density at radius 2 is 1.85 bits per heavy atom. The average Bonchev–Trinajstić information content (AvgIpc) is 2.69. The molecular formula is C23H27N3S. The minimum atomic E-state index is 0.536. The van der Waals surface area contributed by atoms with Crippen LogP contribution in [-0.2, 0) is 0 Å². The number of hydrogen-bond donors (Lipinski definition) is 3. The van der Waals surface area contributed by atoms with Gasteiger partial charge in [-0.1, -0.05) is 50.1 Å². The second-order valence-electron chi connectivity index (χ2n) is 6.96. The first-order valence-electron chi connectivity index (χ1n) is 9.47. The molecule has 1 aliphatic carbocycles. The third-order valence-electron chi connectivity index (χ3n) is 4.75. The number of anilines is 1. The summed E-state index contributed by atoms with van der Waals surface area (Å²) in [7, 11) is 0. The Morgan fingerprint density at radius 3 is 2.56 bits per heavy atom. The van der Waals surface area contributed by atoms with Crippen molar-refractivity contribution in [3.63, 3.8) is 0 Å². The second kappa shape index (κ2) is 9.58. The van der Waals surface area contributed by atoms with E-state index in [1.54, 1.807) is 6.20 Å². The van der Waals surface area contributed by atoms with Crippen LogP contribution in [0.15, 0.2) is 72.3 Å². The van der Waals surface area contributed by atoms with Crippen molar-refractivity contribution in [1.82, 2.24) is 4.98 Å². The summed E-state index contributed by atoms with van der Waals surface area (Å²) in [5.41, 5.74) is 9.45. The minimum absolute atomic E-state index is 0.536. The SMILES string of the molecule is C=C(Nc1cccc(S)c1)c1ccc2cccnc2c1.NC1CCCCC1. The standard InChI is InChI=1S/C17H14N2S.C6H13N/c1-12(19-15-5-2-6-16(20)11-15)14-8-7-13-4-3-9-18-17(13)10-14;7-6-4-2-1-3-5-6/h2-11,19-20H,1H2;6H,1-5,7H2. The van der Waals surface area contributed by atoms with Gasteiger partial charge in [-0.2, -0.15) is 0 Å². The molecule has 0 bridgehead atoms. The van der Waals surface area contributed by atoms with E-state index in [0.717, 1.165) is 32.7 Å². The molecule has 1 aliphatic rings. The summed E-state index contributed by atoms with van der Waals surface area (Å²) >= 11 is 4.33. The summed E-state index contributed by atoms with van der Waals surface area (Å²) in [5.74, 6) is 0. The average molecular weight is 378 g/mol. The van der Waals surface area contributed by atoms with Gasteiger partial charge >= 0.3 is 0 Å². The van der Waals surface area contributed by atoms with E-state index in [-0.39, 0.29) is 0 Å². The molecule has 4 heteroatoms. The summed E-state index contributed by atoms with van der Waals surface area (Å²) in [4.78, 5) is 5.28. The lowest BCUT2D eigenvalue weighted by atomic mass is 9.97. The number of hydrogen-bond acceptors (Lipinski definition) is 4. The normalized spacial score (nSPS) is 14.3. The lowest BCUT2D eigenvalue weighted by Crippen LogP contribution is -2.22. The Hall–Kier alpha value is -2.30. The number of rotatable bonds is 3. The topological polar surface area (TPSA) is 50.9 Å². The van der Waals surface area contributed by atoms with Crippen LogP contribution in [0, 0.1) is 0 Å². The van der Waals surface area contributed by atoms with Gasteiger partial charge in [-0.25, -0.2) is 0 Å². The van der Waals surface area contributed by atoms with Crippen LogP contribution < -0.4 is 11.1 Å². The summed E-state index contributed by atoms with van der Waals surface area (Å²) in [6, 6.07) is 18.5. The van der Waals surface area contributed by atoms with Crippen molar-refractivity contribution in [2.45, 2.75) is 43.0 Å². The summed E-state index contributed by atoms with van der Waals surface area (Å²) in [5, 5.41) is 4.42. The molecule has 3 aromatic rings. The number of nitrogens with two attached hydrogens (primary N) is 1. The first kappa shape index (κ1) is 19.5. The van der Waals surface area contributed by atoms with Crippen molar-refractivity contribution in [3.05, 3.63) is 72.9 Å². The molecule has 140 valence electrons. The van der Waals surface area contributed by atoms with Crippen LogP contribution in [0.1, 0.15) is 37.7 Å². The Kier molecular flexibility index (Phi) is 6.91. The molecule has 2 aromatic carbocycles. The smallest absolute Gasteiger partial charge is 0.0708 e. The number of thiol groups is 1. The molecule has 1 aromatic heterocycles. The van der Waals surface area contributed by atoms with Crippen LogP contribution in [-0.4, -0.2) is 11.0 Å². The highest BCUT2D eigenvalue weighted by Gasteiger charge is 2.06. The maximum atomic E-state index is 5.63. The van der Waals surface area contributed by atoms with Gasteiger partial charge in [0, 0.05) is 33.9 Å². The lowest BCUT2D eigenvalue weighted by Gasteiger charge is -2.15. The fourth-order valence-corrected chi connectivity index (χ4v) is 3.44. The maximum Gasteiger partial charge on any atom is 0.0708 e. The number of nitrogens with one attached hydrogen (secondary N) is 1. The zero-order valence-corrected chi connectivity index (χ0v) is 16.5. The number of benzene rings is 2. The van der Waals surface area contributed by atoms with Gasteiger partial charge in [-0.15, -0.1) is 12.6 Å². The van der Waals surface area contributed by atoms with Crippen molar-refractivity contribution < 1.29 is 0 Å². The highest BCUT2D eigenvalue weighted by molar-refractivity contribution is 7.80. The van der Waals surface area contributed by atoms with Gasteiger partial charge in [-0.05, 0) is 48.7 Å². The molecule has 0 amide bonds. The second-order valence-corrected chi connectivity index (χ2v) is 7.48. The third kappa shape index (κ3) is 5.84. The summed E-state index contributed by atoms with van der Waals surface area (Å²) < 4.78 is 0. The zero-order chi connectivity index (χ0) is 19.1. The molecule has 0 atom stereocenters. The molecule has 0 radical (unpaired) electrons. The molecule has 0 saturated heterocycles. The Balaban J connectivity index is 0.000000253. The van der Waals surface area contributed by atoms with Crippen molar-refractivity contribution in [2.75, 3.05) is 5.32 Å². The first-order valence-corrected chi connectivity index (χ1v) is 9.92. The Morgan fingerprint density at radius 1 is 1.04 bits per heavy atom. The third-order valence-corrected chi connectivity index (χ3v) is 5.02. The predicted octanol–water partition coefficient (Wildman–Crippen LogP) is 5.88. The van der Waals surface area contributed by atoms with E-state index in [4.69, 9.17) is 5.73 Å². The molecule has 0 aliphatic heterocycles. The minimum Gasteiger partial charge on any atom is -0.355 e. The molecule has 4 rings (SSSR count). The van der Waals surface area contributed by atoms with Gasteiger partial charge in [0.15, 0.2) is 0 Å². The molecular weight excluding hydrogens is 350 g/mol. The van der Waals surface area contributed by atoms with Crippen LogP contribution in [0.2, 0.25) is 0 Å². The largest absolute Gasteiger partial charge is 0.355 e. The van der Waals surface area contributed by atoms with Crippen LogP contribution in [0.4, 0.5) is 5.69 Å². The van der Waals surface area contributed by atoms with E-state index in [0.29, 0.717) is 6.04 Å². The molecule has 3 N–H and O–H groups in total. The highest BCUT2D eigenvalue weighted by Crippen LogP contribution is 2.22. The fraction of sp³-hybridized carbons (Fsp3) is 0.261. The van der Waals surface area contributed by atoms with E-state index in [1.807, 2.05) is 48.5 Å². The van der Waals surface area contributed by atoms with Gasteiger partial charge < -0.3 is 11.1 Å². The zero-order valence-electron chi connectivity index (χ0n) is 15.6. The van der Waals surface area contributed by atoms with Crippen molar-refractivity contribution in [1.29, 1.82) is 0 Å². The lowest BCUT2D eigenvalue weighted by molar-refractivity contribution is 0.441. The summed E-state index contributed by atoms with van der Waals surface area (Å²) in [6.45, 7) is 4.09. The number of nitrogens with zero attached hydrogens (tertiary/aromatic N) is 1. The van der Waals surface area contributed by atoms with Crippen LogP contribution in [0.3, 0.4) is 0 Å². The molecule has 0 unspecified atom stereocenters. The maximum absolute atomic E-state index is 5.63. The van der Waals surface area contributed by atoms with E-state index in [1.165, 1.54) is 32.1 Å². The Bertz CT molecular complexity index is 901. The van der Waals surface area contributed by atoms with Crippen molar-refractivity contribution >= 4 is 34.9 Å². The van der Waals surface area contributed by atoms with Crippen LogP contribution >= 0.6 is 12.6 Å².